The van der Waals surface area contributed by atoms with Crippen molar-refractivity contribution >= 4 is 11.9 Å². The fourth-order valence-electron chi connectivity index (χ4n) is 3.68. The SMILES string of the molecule is NC(=O)Cc1cc(C(O)CN[C@H]2CCc3ccc(OCC(=O)O)cc3C2)ccc1O. The first-order valence-corrected chi connectivity index (χ1v) is 9.79. The molecular formula is C22H26N2O6. The number of phenols is 1. The van der Waals surface area contributed by atoms with Gasteiger partial charge in [0.05, 0.1) is 12.5 Å². The number of amides is 1. The van der Waals surface area contributed by atoms with E-state index >= 15 is 0 Å². The van der Waals surface area contributed by atoms with Crippen molar-refractivity contribution in [3.63, 3.8) is 0 Å². The van der Waals surface area contributed by atoms with Gasteiger partial charge in [0, 0.05) is 18.2 Å². The van der Waals surface area contributed by atoms with Gasteiger partial charge in [-0.15, -0.1) is 0 Å². The van der Waals surface area contributed by atoms with Gasteiger partial charge in [-0.05, 0) is 60.2 Å². The van der Waals surface area contributed by atoms with Gasteiger partial charge < -0.3 is 31.1 Å². The molecule has 0 saturated carbocycles. The van der Waals surface area contributed by atoms with Crippen molar-refractivity contribution in [2.24, 2.45) is 5.73 Å². The Hall–Kier alpha value is -3.10. The normalized spacial score (nSPS) is 16.5. The highest BCUT2D eigenvalue weighted by Gasteiger charge is 2.20. The molecule has 160 valence electrons. The summed E-state index contributed by atoms with van der Waals surface area (Å²) in [6.07, 6.45) is 1.64. The highest BCUT2D eigenvalue weighted by Crippen LogP contribution is 2.27. The van der Waals surface area contributed by atoms with Crippen LogP contribution >= 0.6 is 0 Å². The fourth-order valence-corrected chi connectivity index (χ4v) is 3.68. The van der Waals surface area contributed by atoms with Gasteiger partial charge in [-0.3, -0.25) is 4.79 Å². The van der Waals surface area contributed by atoms with E-state index < -0.39 is 18.0 Å². The second-order valence-electron chi connectivity index (χ2n) is 7.51. The molecule has 0 spiro atoms. The Morgan fingerprint density at radius 2 is 2.00 bits per heavy atom. The highest BCUT2D eigenvalue weighted by atomic mass is 16.5. The first-order chi connectivity index (χ1) is 14.3. The van der Waals surface area contributed by atoms with Gasteiger partial charge in [-0.25, -0.2) is 4.79 Å². The maximum absolute atomic E-state index is 11.1. The van der Waals surface area contributed by atoms with Crippen LogP contribution in [0.3, 0.4) is 0 Å². The number of hydrogen-bond acceptors (Lipinski definition) is 6. The van der Waals surface area contributed by atoms with Crippen LogP contribution in [0.15, 0.2) is 36.4 Å². The molecule has 8 nitrogen and oxygen atoms in total. The number of nitrogens with two attached hydrogens (primary N) is 1. The minimum Gasteiger partial charge on any atom is -0.508 e. The lowest BCUT2D eigenvalue weighted by molar-refractivity contribution is -0.139. The zero-order valence-electron chi connectivity index (χ0n) is 16.5. The molecule has 2 aromatic rings. The summed E-state index contributed by atoms with van der Waals surface area (Å²) in [7, 11) is 0. The van der Waals surface area contributed by atoms with Crippen molar-refractivity contribution in [3.05, 3.63) is 58.7 Å². The molecule has 1 unspecified atom stereocenters. The van der Waals surface area contributed by atoms with Gasteiger partial charge in [0.1, 0.15) is 11.5 Å². The molecule has 6 N–H and O–H groups in total. The molecule has 1 aliphatic carbocycles. The number of carboxylic acid groups (broad SMARTS) is 1. The summed E-state index contributed by atoms with van der Waals surface area (Å²) in [6.45, 7) is -0.0625. The van der Waals surface area contributed by atoms with E-state index in [1.807, 2.05) is 12.1 Å². The van der Waals surface area contributed by atoms with Crippen LogP contribution < -0.4 is 15.8 Å². The summed E-state index contributed by atoms with van der Waals surface area (Å²) < 4.78 is 5.26. The third kappa shape index (κ3) is 5.71. The highest BCUT2D eigenvalue weighted by molar-refractivity contribution is 5.77. The lowest BCUT2D eigenvalue weighted by Gasteiger charge is -2.27. The van der Waals surface area contributed by atoms with E-state index in [9.17, 15) is 19.8 Å². The molecular weight excluding hydrogens is 388 g/mol. The molecule has 3 rings (SSSR count). The average Bonchev–Trinajstić information content (AvgIpc) is 2.71. The van der Waals surface area contributed by atoms with E-state index in [4.69, 9.17) is 15.6 Å². The molecule has 0 fully saturated rings. The lowest BCUT2D eigenvalue weighted by atomic mass is 9.88. The minimum absolute atomic E-state index is 0.0254. The molecule has 0 heterocycles. The van der Waals surface area contributed by atoms with Crippen LogP contribution in [0.2, 0.25) is 0 Å². The second kappa shape index (κ2) is 9.60. The maximum atomic E-state index is 11.1. The van der Waals surface area contributed by atoms with Crippen LogP contribution in [0, 0.1) is 0 Å². The van der Waals surface area contributed by atoms with Crippen LogP contribution in [0.5, 0.6) is 11.5 Å². The first-order valence-electron chi connectivity index (χ1n) is 9.79. The molecule has 0 saturated heterocycles. The molecule has 1 amide bonds. The van der Waals surface area contributed by atoms with Gasteiger partial charge >= 0.3 is 5.97 Å². The zero-order valence-corrected chi connectivity index (χ0v) is 16.5. The molecule has 0 aliphatic heterocycles. The number of aliphatic hydroxyl groups is 1. The predicted molar refractivity (Wildman–Crippen MR) is 109 cm³/mol. The monoisotopic (exact) mass is 414 g/mol. The summed E-state index contributed by atoms with van der Waals surface area (Å²) in [4.78, 5) is 21.8. The number of nitrogens with one attached hydrogen (secondary N) is 1. The Bertz CT molecular complexity index is 930. The number of ether oxygens (including phenoxy) is 1. The van der Waals surface area contributed by atoms with Crippen molar-refractivity contribution in [3.8, 4) is 11.5 Å². The number of aliphatic hydroxyl groups excluding tert-OH is 1. The number of aromatic hydroxyl groups is 1. The quantitative estimate of drug-likeness (QED) is 0.413. The predicted octanol–water partition coefficient (Wildman–Crippen LogP) is 1.06. The number of aryl methyl sites for hydroxylation is 1. The van der Waals surface area contributed by atoms with Crippen molar-refractivity contribution in [2.45, 2.75) is 37.8 Å². The van der Waals surface area contributed by atoms with E-state index in [0.717, 1.165) is 24.8 Å². The van der Waals surface area contributed by atoms with E-state index in [0.29, 0.717) is 23.4 Å². The number of carbonyl (C=O) groups excluding carboxylic acids is 1. The number of rotatable bonds is 9. The topological polar surface area (TPSA) is 142 Å². The molecule has 0 bridgehead atoms. The number of aliphatic carboxylic acids is 1. The molecule has 2 aromatic carbocycles. The molecule has 8 heteroatoms. The van der Waals surface area contributed by atoms with Gasteiger partial charge in [0.2, 0.25) is 5.91 Å². The summed E-state index contributed by atoms with van der Waals surface area (Å²) >= 11 is 0. The maximum Gasteiger partial charge on any atom is 0.341 e. The number of carboxylic acids is 1. The Balaban J connectivity index is 1.59. The summed E-state index contributed by atoms with van der Waals surface area (Å²) in [5, 5.41) is 32.5. The van der Waals surface area contributed by atoms with Crippen LogP contribution in [-0.4, -0.2) is 46.4 Å². The number of fused-ring (bicyclic) bond motifs is 1. The van der Waals surface area contributed by atoms with Gasteiger partial charge in [0.15, 0.2) is 6.61 Å². The number of carbonyl (C=O) groups is 2. The minimum atomic E-state index is -1.02. The molecule has 0 aromatic heterocycles. The van der Waals surface area contributed by atoms with Crippen molar-refractivity contribution < 1.29 is 29.6 Å². The summed E-state index contributed by atoms with van der Waals surface area (Å²) in [5.41, 5.74) is 8.49. The largest absolute Gasteiger partial charge is 0.508 e. The Morgan fingerprint density at radius 3 is 2.73 bits per heavy atom. The van der Waals surface area contributed by atoms with Crippen LogP contribution in [-0.2, 0) is 28.9 Å². The Morgan fingerprint density at radius 1 is 1.20 bits per heavy atom. The molecule has 1 aliphatic rings. The third-order valence-corrected chi connectivity index (χ3v) is 5.22. The van der Waals surface area contributed by atoms with Crippen molar-refractivity contribution in [2.75, 3.05) is 13.2 Å². The number of benzene rings is 2. The standard InChI is InChI=1S/C22H26N2O6/c23-21(27)10-16-7-14(3-6-19(16)25)20(26)11-24-17-4-1-13-2-5-18(9-15(13)8-17)30-12-22(28)29/h2-3,5-7,9,17,20,24-26H,1,4,8,10-12H2,(H2,23,27)(H,28,29)/t17-,20?/m0/s1. The number of primary amides is 1. The second-order valence-corrected chi connectivity index (χ2v) is 7.51. The number of phenolic OH excluding ortho intramolecular Hbond substituents is 1. The van der Waals surface area contributed by atoms with Crippen molar-refractivity contribution in [1.29, 1.82) is 0 Å². The van der Waals surface area contributed by atoms with Crippen LogP contribution in [0.4, 0.5) is 0 Å². The smallest absolute Gasteiger partial charge is 0.341 e. The van der Waals surface area contributed by atoms with E-state index in [2.05, 4.69) is 5.32 Å². The van der Waals surface area contributed by atoms with E-state index in [-0.39, 0.29) is 24.8 Å². The molecule has 2 atom stereocenters. The average molecular weight is 414 g/mol. The van der Waals surface area contributed by atoms with Crippen LogP contribution in [0.1, 0.15) is 34.8 Å². The van der Waals surface area contributed by atoms with Gasteiger partial charge in [0.25, 0.3) is 0 Å². The van der Waals surface area contributed by atoms with E-state index in [1.165, 1.54) is 11.6 Å². The molecule has 30 heavy (non-hydrogen) atoms. The number of hydrogen-bond donors (Lipinski definition) is 5. The summed E-state index contributed by atoms with van der Waals surface area (Å²) in [6, 6.07) is 10.4. The molecule has 0 radical (unpaired) electrons. The van der Waals surface area contributed by atoms with Crippen LogP contribution in [0.25, 0.3) is 0 Å². The van der Waals surface area contributed by atoms with Gasteiger partial charge in [-0.2, -0.15) is 0 Å². The Kier molecular flexibility index (Phi) is 6.91. The Labute approximate surface area is 174 Å². The van der Waals surface area contributed by atoms with Gasteiger partial charge in [-0.1, -0.05) is 12.1 Å². The fraction of sp³-hybridized carbons (Fsp3) is 0.364. The third-order valence-electron chi connectivity index (χ3n) is 5.22. The van der Waals surface area contributed by atoms with Crippen molar-refractivity contribution in [1.82, 2.24) is 5.32 Å². The lowest BCUT2D eigenvalue weighted by Crippen LogP contribution is -2.37. The first kappa shape index (κ1) is 21.6. The zero-order chi connectivity index (χ0) is 21.7. The summed E-state index contributed by atoms with van der Waals surface area (Å²) in [5.74, 6) is -1.07. The van der Waals surface area contributed by atoms with E-state index in [1.54, 1.807) is 18.2 Å².